The molecule has 0 radical (unpaired) electrons. The van der Waals surface area contributed by atoms with Crippen LogP contribution < -0.4 is 10.1 Å². The summed E-state index contributed by atoms with van der Waals surface area (Å²) >= 11 is 6.20. The van der Waals surface area contributed by atoms with Gasteiger partial charge in [-0.15, -0.1) is 0 Å². The standard InChI is InChI=1S/C26H27ClN2O3/c1-19(26(31)28-17-22-10-6-7-11-24(22)27)29(18-21-12-14-23(32-2)15-13-21)25(30)16-20-8-4-3-5-9-20/h3-15,19H,16-18H2,1-2H3,(H,28,31)/t19-/m1/s1. The third kappa shape index (κ3) is 6.34. The van der Waals surface area contributed by atoms with Gasteiger partial charge >= 0.3 is 0 Å². The largest absolute Gasteiger partial charge is 0.497 e. The van der Waals surface area contributed by atoms with E-state index in [1.807, 2.05) is 72.8 Å². The number of hydrogen-bond acceptors (Lipinski definition) is 3. The van der Waals surface area contributed by atoms with E-state index in [-0.39, 0.29) is 18.2 Å². The van der Waals surface area contributed by atoms with Gasteiger partial charge in [0.25, 0.3) is 0 Å². The molecule has 0 unspecified atom stereocenters. The van der Waals surface area contributed by atoms with E-state index in [4.69, 9.17) is 16.3 Å². The number of halogens is 1. The lowest BCUT2D eigenvalue weighted by Gasteiger charge is -2.29. The van der Waals surface area contributed by atoms with Crippen molar-refractivity contribution in [3.05, 3.63) is 101 Å². The molecule has 0 aliphatic heterocycles. The van der Waals surface area contributed by atoms with E-state index in [9.17, 15) is 9.59 Å². The number of methoxy groups -OCH3 is 1. The summed E-state index contributed by atoms with van der Waals surface area (Å²) in [5.74, 6) is 0.383. The molecule has 3 rings (SSSR count). The van der Waals surface area contributed by atoms with Gasteiger partial charge in [-0.25, -0.2) is 0 Å². The Morgan fingerprint density at radius 1 is 0.938 bits per heavy atom. The van der Waals surface area contributed by atoms with Crippen molar-refractivity contribution >= 4 is 23.4 Å². The maximum Gasteiger partial charge on any atom is 0.242 e. The fourth-order valence-electron chi connectivity index (χ4n) is 3.35. The first-order valence-electron chi connectivity index (χ1n) is 10.5. The highest BCUT2D eigenvalue weighted by atomic mass is 35.5. The molecule has 0 saturated heterocycles. The molecule has 0 fully saturated rings. The van der Waals surface area contributed by atoms with Crippen LogP contribution in [0.2, 0.25) is 5.02 Å². The Morgan fingerprint density at radius 2 is 1.59 bits per heavy atom. The lowest BCUT2D eigenvalue weighted by atomic mass is 10.1. The lowest BCUT2D eigenvalue weighted by Crippen LogP contribution is -2.48. The third-order valence-electron chi connectivity index (χ3n) is 5.29. The van der Waals surface area contributed by atoms with E-state index in [1.165, 1.54) is 0 Å². The zero-order valence-corrected chi connectivity index (χ0v) is 19.0. The molecule has 3 aromatic carbocycles. The summed E-state index contributed by atoms with van der Waals surface area (Å²) in [6, 6.07) is 23.7. The predicted octanol–water partition coefficient (Wildman–Crippen LogP) is 4.62. The molecule has 0 bridgehead atoms. The monoisotopic (exact) mass is 450 g/mol. The summed E-state index contributed by atoms with van der Waals surface area (Å²) in [6.45, 7) is 2.36. The number of rotatable bonds is 9. The minimum Gasteiger partial charge on any atom is -0.497 e. The highest BCUT2D eigenvalue weighted by Crippen LogP contribution is 2.17. The van der Waals surface area contributed by atoms with Crippen molar-refractivity contribution in [2.75, 3.05) is 7.11 Å². The van der Waals surface area contributed by atoms with Gasteiger partial charge in [0, 0.05) is 18.1 Å². The number of ether oxygens (including phenoxy) is 1. The molecule has 6 heteroatoms. The van der Waals surface area contributed by atoms with Crippen molar-refractivity contribution in [3.63, 3.8) is 0 Å². The molecule has 0 heterocycles. The van der Waals surface area contributed by atoms with Crippen molar-refractivity contribution in [2.45, 2.75) is 32.5 Å². The molecule has 0 spiro atoms. The van der Waals surface area contributed by atoms with Crippen LogP contribution in [0.1, 0.15) is 23.6 Å². The molecule has 0 aliphatic rings. The van der Waals surface area contributed by atoms with E-state index in [1.54, 1.807) is 25.0 Å². The molecule has 1 atom stereocenters. The normalized spacial score (nSPS) is 11.5. The molecule has 3 aromatic rings. The Hall–Kier alpha value is -3.31. The highest BCUT2D eigenvalue weighted by molar-refractivity contribution is 6.31. The van der Waals surface area contributed by atoms with Crippen LogP contribution in [-0.4, -0.2) is 29.9 Å². The van der Waals surface area contributed by atoms with Gasteiger partial charge in [-0.3, -0.25) is 9.59 Å². The van der Waals surface area contributed by atoms with Gasteiger partial charge in [-0.05, 0) is 41.8 Å². The number of benzene rings is 3. The average Bonchev–Trinajstić information content (AvgIpc) is 2.82. The number of carbonyl (C=O) groups is 2. The minimum atomic E-state index is -0.657. The van der Waals surface area contributed by atoms with Crippen LogP contribution in [0.15, 0.2) is 78.9 Å². The lowest BCUT2D eigenvalue weighted by molar-refractivity contribution is -0.140. The number of nitrogens with one attached hydrogen (secondary N) is 1. The van der Waals surface area contributed by atoms with Crippen LogP contribution in [-0.2, 0) is 29.1 Å². The average molecular weight is 451 g/mol. The fraction of sp³-hybridized carbons (Fsp3) is 0.231. The van der Waals surface area contributed by atoms with Gasteiger partial charge in [0.05, 0.1) is 13.5 Å². The minimum absolute atomic E-state index is 0.118. The first kappa shape index (κ1) is 23.4. The van der Waals surface area contributed by atoms with E-state index >= 15 is 0 Å². The van der Waals surface area contributed by atoms with Crippen LogP contribution in [0.4, 0.5) is 0 Å². The zero-order chi connectivity index (χ0) is 22.9. The quantitative estimate of drug-likeness (QED) is 0.517. The van der Waals surface area contributed by atoms with Crippen LogP contribution in [0.25, 0.3) is 0 Å². The van der Waals surface area contributed by atoms with Gasteiger partial charge in [-0.2, -0.15) is 0 Å². The number of hydrogen-bond donors (Lipinski definition) is 1. The Labute approximate surface area is 194 Å². The maximum atomic E-state index is 13.2. The molecule has 0 aromatic heterocycles. The van der Waals surface area contributed by atoms with Gasteiger partial charge in [0.1, 0.15) is 11.8 Å². The summed E-state index contributed by atoms with van der Waals surface area (Å²) in [6.07, 6.45) is 0.221. The van der Waals surface area contributed by atoms with Crippen LogP contribution in [0.3, 0.4) is 0 Å². The number of carbonyl (C=O) groups excluding carboxylic acids is 2. The molecule has 1 N–H and O–H groups in total. The van der Waals surface area contributed by atoms with E-state index in [0.717, 1.165) is 22.4 Å². The molecule has 166 valence electrons. The Morgan fingerprint density at radius 3 is 2.25 bits per heavy atom. The van der Waals surface area contributed by atoms with E-state index in [2.05, 4.69) is 5.32 Å². The Balaban J connectivity index is 1.75. The van der Waals surface area contributed by atoms with Gasteiger partial charge < -0.3 is 15.0 Å². The van der Waals surface area contributed by atoms with Crippen LogP contribution in [0.5, 0.6) is 5.75 Å². The van der Waals surface area contributed by atoms with Crippen LogP contribution >= 0.6 is 11.6 Å². The van der Waals surface area contributed by atoms with E-state index in [0.29, 0.717) is 18.1 Å². The molecule has 32 heavy (non-hydrogen) atoms. The topological polar surface area (TPSA) is 58.6 Å². The second-order valence-electron chi connectivity index (χ2n) is 7.52. The number of nitrogens with zero attached hydrogens (tertiary/aromatic N) is 1. The van der Waals surface area contributed by atoms with Crippen molar-refractivity contribution < 1.29 is 14.3 Å². The first-order valence-corrected chi connectivity index (χ1v) is 10.8. The Kier molecular flexibility index (Phi) is 8.28. The van der Waals surface area contributed by atoms with E-state index < -0.39 is 6.04 Å². The van der Waals surface area contributed by atoms with Gasteiger partial charge in [-0.1, -0.05) is 72.3 Å². The molecule has 0 saturated carbocycles. The second-order valence-corrected chi connectivity index (χ2v) is 7.92. The maximum absolute atomic E-state index is 13.2. The summed E-state index contributed by atoms with van der Waals surface area (Å²) in [5, 5.41) is 3.50. The molecule has 0 aliphatic carbocycles. The second kappa shape index (κ2) is 11.3. The van der Waals surface area contributed by atoms with Gasteiger partial charge in [0.15, 0.2) is 0 Å². The van der Waals surface area contributed by atoms with Crippen LogP contribution in [0, 0.1) is 0 Å². The third-order valence-corrected chi connectivity index (χ3v) is 5.66. The Bertz CT molecular complexity index is 1040. The summed E-state index contributed by atoms with van der Waals surface area (Å²) < 4.78 is 5.21. The molecule has 2 amide bonds. The SMILES string of the molecule is COc1ccc(CN(C(=O)Cc2ccccc2)[C@H](C)C(=O)NCc2ccccc2Cl)cc1. The fourth-order valence-corrected chi connectivity index (χ4v) is 3.56. The molecular formula is C26H27ClN2O3. The van der Waals surface area contributed by atoms with Crippen molar-refractivity contribution in [2.24, 2.45) is 0 Å². The first-order chi connectivity index (χ1) is 15.5. The summed E-state index contributed by atoms with van der Waals surface area (Å²) in [4.78, 5) is 27.8. The zero-order valence-electron chi connectivity index (χ0n) is 18.3. The van der Waals surface area contributed by atoms with Crippen molar-refractivity contribution in [1.82, 2.24) is 10.2 Å². The van der Waals surface area contributed by atoms with Crippen molar-refractivity contribution in [3.8, 4) is 5.75 Å². The molecular weight excluding hydrogens is 424 g/mol. The summed E-state index contributed by atoms with van der Waals surface area (Å²) in [5.41, 5.74) is 2.64. The summed E-state index contributed by atoms with van der Waals surface area (Å²) in [7, 11) is 1.61. The molecule has 5 nitrogen and oxygen atoms in total. The highest BCUT2D eigenvalue weighted by Gasteiger charge is 2.26. The number of amides is 2. The van der Waals surface area contributed by atoms with Crippen molar-refractivity contribution in [1.29, 1.82) is 0 Å². The van der Waals surface area contributed by atoms with Gasteiger partial charge in [0.2, 0.25) is 11.8 Å². The smallest absolute Gasteiger partial charge is 0.242 e. The predicted molar refractivity (Wildman–Crippen MR) is 126 cm³/mol.